The fourth-order valence-corrected chi connectivity index (χ4v) is 4.64. The van der Waals surface area contributed by atoms with Gasteiger partial charge in [0.15, 0.2) is 0 Å². The third kappa shape index (κ3) is 7.16. The number of alkyl carbamates (subject to hydrolysis) is 1. The van der Waals surface area contributed by atoms with Gasteiger partial charge in [-0.3, -0.25) is 9.59 Å². The van der Waals surface area contributed by atoms with Gasteiger partial charge in [-0.05, 0) is 50.1 Å². The first-order chi connectivity index (χ1) is 19.0. The zero-order valence-electron chi connectivity index (χ0n) is 23.2. The Kier molecular flexibility index (Phi) is 8.72. The zero-order chi connectivity index (χ0) is 28.9. The number of carbonyl (C=O) groups excluding carboxylic acids is 3. The Morgan fingerprint density at radius 1 is 0.975 bits per heavy atom. The molecule has 0 aromatic heterocycles. The number of likely N-dealkylation sites (N-methyl/N-ethyl adjacent to an activating group) is 1. The molecule has 0 spiro atoms. The number of ether oxygens (including phenoxy) is 1. The number of fused-ring (bicyclic) bond motifs is 1. The molecule has 9 heteroatoms. The van der Waals surface area contributed by atoms with Gasteiger partial charge in [-0.2, -0.15) is 0 Å². The van der Waals surface area contributed by atoms with Crippen LogP contribution in [0.15, 0.2) is 78.9 Å². The molecule has 40 heavy (non-hydrogen) atoms. The van der Waals surface area contributed by atoms with Gasteiger partial charge < -0.3 is 25.2 Å². The summed E-state index contributed by atoms with van der Waals surface area (Å²) >= 11 is 0. The van der Waals surface area contributed by atoms with Crippen LogP contribution < -0.4 is 20.4 Å². The molecule has 2 N–H and O–H groups in total. The number of amides is 3. The van der Waals surface area contributed by atoms with Gasteiger partial charge in [0.25, 0.3) is 5.91 Å². The molecule has 3 amide bonds. The highest BCUT2D eigenvalue weighted by Crippen LogP contribution is 2.33. The van der Waals surface area contributed by atoms with Crippen LogP contribution in [0.5, 0.6) is 0 Å². The van der Waals surface area contributed by atoms with E-state index in [1.807, 2.05) is 59.5 Å². The molecule has 0 saturated heterocycles. The van der Waals surface area contributed by atoms with Crippen molar-refractivity contribution in [2.45, 2.75) is 51.4 Å². The molecule has 0 unspecified atom stereocenters. The van der Waals surface area contributed by atoms with Crippen molar-refractivity contribution in [2.24, 2.45) is 0 Å². The van der Waals surface area contributed by atoms with Crippen LogP contribution in [0.25, 0.3) is 0 Å². The first-order valence-electron chi connectivity index (χ1n) is 13.2. The lowest BCUT2D eigenvalue weighted by molar-refractivity contribution is -0.128. The van der Waals surface area contributed by atoms with E-state index < -0.39 is 35.5 Å². The predicted octanol–water partition coefficient (Wildman–Crippen LogP) is 4.43. The molecule has 0 bridgehead atoms. The normalized spacial score (nSPS) is 16.0. The highest BCUT2D eigenvalue weighted by molar-refractivity contribution is 6.03. The summed E-state index contributed by atoms with van der Waals surface area (Å²) in [6, 6.07) is 21.3. The zero-order valence-corrected chi connectivity index (χ0v) is 23.2. The Hall–Kier alpha value is -4.40. The van der Waals surface area contributed by atoms with E-state index in [0.717, 1.165) is 16.9 Å². The molecule has 2 atom stereocenters. The van der Waals surface area contributed by atoms with Crippen LogP contribution in [0.1, 0.15) is 31.9 Å². The standard InChI is InChI=1S/C31H35FN4O4/c1-31(2,3)40-30(39)34-24(18-22-14-8-9-15-23(22)32)28(37)33-25-20-36(19-21-12-6-5-7-13-21)27-17-11-10-16-26(27)35(4)29(25)38/h5-17,24-25H,18-20H2,1-4H3,(H,33,37)(H,34,39)/t24-,25-/m1/s1. The number of rotatable bonds is 7. The van der Waals surface area contributed by atoms with Crippen molar-refractivity contribution in [3.8, 4) is 0 Å². The average Bonchev–Trinajstić information content (AvgIpc) is 3.00. The van der Waals surface area contributed by atoms with E-state index in [1.54, 1.807) is 46.0 Å². The van der Waals surface area contributed by atoms with E-state index in [4.69, 9.17) is 4.74 Å². The van der Waals surface area contributed by atoms with Gasteiger partial charge in [0, 0.05) is 26.6 Å². The van der Waals surface area contributed by atoms with Gasteiger partial charge in [-0.1, -0.05) is 60.7 Å². The number of carbonyl (C=O) groups is 3. The average molecular weight is 547 g/mol. The van der Waals surface area contributed by atoms with E-state index in [1.165, 1.54) is 11.0 Å². The maximum Gasteiger partial charge on any atom is 0.408 e. The number of hydrogen-bond donors (Lipinski definition) is 2. The Bertz CT molecular complexity index is 1360. The monoisotopic (exact) mass is 546 g/mol. The molecular weight excluding hydrogens is 511 g/mol. The molecule has 0 radical (unpaired) electrons. The molecule has 3 aromatic rings. The molecule has 210 valence electrons. The molecule has 1 heterocycles. The van der Waals surface area contributed by atoms with Crippen LogP contribution in [-0.2, 0) is 27.3 Å². The Balaban J connectivity index is 1.60. The lowest BCUT2D eigenvalue weighted by Crippen LogP contribution is -2.57. The summed E-state index contributed by atoms with van der Waals surface area (Å²) in [6.07, 6.45) is -0.936. The number of para-hydroxylation sites is 2. The summed E-state index contributed by atoms with van der Waals surface area (Å²) < 4.78 is 19.9. The number of nitrogens with one attached hydrogen (secondary N) is 2. The molecular formula is C31H35FN4O4. The van der Waals surface area contributed by atoms with Crippen LogP contribution in [-0.4, -0.2) is 49.2 Å². The smallest absolute Gasteiger partial charge is 0.408 e. The van der Waals surface area contributed by atoms with Crippen LogP contribution in [0, 0.1) is 5.82 Å². The third-order valence-electron chi connectivity index (χ3n) is 6.54. The first-order valence-corrected chi connectivity index (χ1v) is 13.2. The quantitative estimate of drug-likeness (QED) is 0.458. The van der Waals surface area contributed by atoms with Gasteiger partial charge in [0.05, 0.1) is 11.4 Å². The van der Waals surface area contributed by atoms with Crippen molar-refractivity contribution in [3.05, 3.63) is 95.8 Å². The fourth-order valence-electron chi connectivity index (χ4n) is 4.64. The molecule has 0 aliphatic carbocycles. The number of anilines is 2. The highest BCUT2D eigenvalue weighted by atomic mass is 19.1. The van der Waals surface area contributed by atoms with Crippen LogP contribution in [0.3, 0.4) is 0 Å². The minimum absolute atomic E-state index is 0.123. The van der Waals surface area contributed by atoms with E-state index >= 15 is 0 Å². The maximum atomic E-state index is 14.5. The van der Waals surface area contributed by atoms with Crippen molar-refractivity contribution < 1.29 is 23.5 Å². The van der Waals surface area contributed by atoms with Crippen LogP contribution >= 0.6 is 0 Å². The van der Waals surface area contributed by atoms with E-state index in [-0.39, 0.29) is 24.4 Å². The van der Waals surface area contributed by atoms with E-state index in [9.17, 15) is 18.8 Å². The number of halogens is 1. The number of nitrogens with zero attached hydrogens (tertiary/aromatic N) is 2. The summed E-state index contributed by atoms with van der Waals surface area (Å²) in [5.41, 5.74) is 2.07. The summed E-state index contributed by atoms with van der Waals surface area (Å²) in [4.78, 5) is 43.4. The third-order valence-corrected chi connectivity index (χ3v) is 6.54. The van der Waals surface area contributed by atoms with Crippen molar-refractivity contribution in [3.63, 3.8) is 0 Å². The van der Waals surface area contributed by atoms with Crippen molar-refractivity contribution >= 4 is 29.3 Å². The fraction of sp³-hybridized carbons (Fsp3) is 0.323. The summed E-state index contributed by atoms with van der Waals surface area (Å²) in [7, 11) is 1.67. The minimum atomic E-state index is -1.18. The first kappa shape index (κ1) is 28.6. The topological polar surface area (TPSA) is 91.0 Å². The number of benzene rings is 3. The van der Waals surface area contributed by atoms with Gasteiger partial charge >= 0.3 is 6.09 Å². The van der Waals surface area contributed by atoms with Crippen LogP contribution in [0.2, 0.25) is 0 Å². The largest absolute Gasteiger partial charge is 0.444 e. The van der Waals surface area contributed by atoms with Crippen molar-refractivity contribution in [1.82, 2.24) is 10.6 Å². The van der Waals surface area contributed by atoms with Gasteiger partial charge in [-0.25, -0.2) is 9.18 Å². The molecule has 0 saturated carbocycles. The minimum Gasteiger partial charge on any atom is -0.444 e. The molecule has 8 nitrogen and oxygen atoms in total. The SMILES string of the molecule is CN1C(=O)[C@H](NC(=O)[C@@H](Cc2ccccc2F)NC(=O)OC(C)(C)C)CN(Cc2ccccc2)c2ccccc21. The second kappa shape index (κ2) is 12.2. The van der Waals surface area contributed by atoms with E-state index in [0.29, 0.717) is 6.54 Å². The predicted molar refractivity (Wildman–Crippen MR) is 153 cm³/mol. The Labute approximate surface area is 234 Å². The van der Waals surface area contributed by atoms with Gasteiger partial charge in [0.1, 0.15) is 23.5 Å². The lowest BCUT2D eigenvalue weighted by atomic mass is 10.0. The van der Waals surface area contributed by atoms with Crippen LogP contribution in [0.4, 0.5) is 20.6 Å². The van der Waals surface area contributed by atoms with Crippen molar-refractivity contribution in [2.75, 3.05) is 23.4 Å². The highest BCUT2D eigenvalue weighted by Gasteiger charge is 2.35. The maximum absolute atomic E-state index is 14.5. The summed E-state index contributed by atoms with van der Waals surface area (Å²) in [6.45, 7) is 5.83. The summed E-state index contributed by atoms with van der Waals surface area (Å²) in [5.74, 6) is -1.43. The van der Waals surface area contributed by atoms with Crippen molar-refractivity contribution in [1.29, 1.82) is 0 Å². The molecule has 1 aliphatic heterocycles. The summed E-state index contributed by atoms with van der Waals surface area (Å²) in [5, 5.41) is 5.40. The second-order valence-electron chi connectivity index (χ2n) is 10.8. The molecule has 1 aliphatic rings. The molecule has 3 aromatic carbocycles. The van der Waals surface area contributed by atoms with Gasteiger partial charge in [0.2, 0.25) is 5.91 Å². The Morgan fingerprint density at radius 2 is 1.60 bits per heavy atom. The molecule has 4 rings (SSSR count). The molecule has 0 fully saturated rings. The number of hydrogen-bond acceptors (Lipinski definition) is 5. The van der Waals surface area contributed by atoms with E-state index in [2.05, 4.69) is 10.6 Å². The second-order valence-corrected chi connectivity index (χ2v) is 10.8. The van der Waals surface area contributed by atoms with Gasteiger partial charge in [-0.15, -0.1) is 0 Å². The Morgan fingerprint density at radius 3 is 2.27 bits per heavy atom. The lowest BCUT2D eigenvalue weighted by Gasteiger charge is -2.28.